The SMILES string of the molecule is C1=NC2=C(c3ccco3)C=C(c3ccco3)C3=CC=NC32CC1. The first-order valence-electron chi connectivity index (χ1n) is 7.72. The Balaban J connectivity index is 1.83. The van der Waals surface area contributed by atoms with Crippen molar-refractivity contribution in [2.45, 2.75) is 18.4 Å². The summed E-state index contributed by atoms with van der Waals surface area (Å²) in [6, 6.07) is 7.75. The Hall–Kier alpha value is -2.88. The molecule has 112 valence electrons. The molecule has 0 N–H and O–H groups in total. The minimum Gasteiger partial charge on any atom is -0.464 e. The van der Waals surface area contributed by atoms with Crippen LogP contribution >= 0.6 is 0 Å². The van der Waals surface area contributed by atoms with E-state index in [9.17, 15) is 0 Å². The molecule has 1 atom stereocenters. The predicted molar refractivity (Wildman–Crippen MR) is 89.3 cm³/mol. The van der Waals surface area contributed by atoms with Gasteiger partial charge in [0.15, 0.2) is 0 Å². The highest BCUT2D eigenvalue weighted by atomic mass is 16.3. The van der Waals surface area contributed by atoms with Crippen LogP contribution in [-0.4, -0.2) is 18.0 Å². The van der Waals surface area contributed by atoms with Crippen molar-refractivity contribution in [2.24, 2.45) is 9.98 Å². The van der Waals surface area contributed by atoms with E-state index >= 15 is 0 Å². The Morgan fingerprint density at radius 3 is 2.65 bits per heavy atom. The van der Waals surface area contributed by atoms with Crippen LogP contribution in [-0.2, 0) is 0 Å². The second-order valence-corrected chi connectivity index (χ2v) is 5.84. The third kappa shape index (κ3) is 1.66. The molecular formula is C19H14N2O2. The first-order chi connectivity index (χ1) is 11.4. The Kier molecular flexibility index (Phi) is 2.50. The Morgan fingerprint density at radius 2 is 1.87 bits per heavy atom. The standard InChI is InChI=1S/C19H14N2O2/c1-4-16(22-10-1)13-12-14(17-5-2-11-23-17)18-19(7-3-8-20-18)15(13)6-9-21-19/h1-2,4-6,8-12H,3,7H2. The zero-order valence-corrected chi connectivity index (χ0v) is 12.4. The van der Waals surface area contributed by atoms with Gasteiger partial charge in [-0.3, -0.25) is 9.98 Å². The molecular weight excluding hydrogens is 288 g/mol. The molecule has 1 aliphatic carbocycles. The summed E-state index contributed by atoms with van der Waals surface area (Å²) >= 11 is 0. The molecule has 5 rings (SSSR count). The van der Waals surface area contributed by atoms with Crippen LogP contribution in [0.1, 0.15) is 24.4 Å². The molecule has 2 aliphatic heterocycles. The van der Waals surface area contributed by atoms with Crippen molar-refractivity contribution < 1.29 is 8.83 Å². The fourth-order valence-corrected chi connectivity index (χ4v) is 3.64. The van der Waals surface area contributed by atoms with Crippen molar-refractivity contribution in [3.8, 4) is 0 Å². The van der Waals surface area contributed by atoms with E-state index in [4.69, 9.17) is 18.8 Å². The summed E-state index contributed by atoms with van der Waals surface area (Å²) in [6.07, 6.45) is 13.3. The quantitative estimate of drug-likeness (QED) is 0.830. The third-order valence-corrected chi connectivity index (χ3v) is 4.64. The van der Waals surface area contributed by atoms with Crippen molar-refractivity contribution in [3.05, 3.63) is 71.7 Å². The molecule has 1 unspecified atom stereocenters. The van der Waals surface area contributed by atoms with E-state index in [-0.39, 0.29) is 0 Å². The predicted octanol–water partition coefficient (Wildman–Crippen LogP) is 4.30. The number of furan rings is 2. The maximum absolute atomic E-state index is 5.67. The molecule has 4 nitrogen and oxygen atoms in total. The van der Waals surface area contributed by atoms with Crippen LogP contribution in [0, 0.1) is 0 Å². The molecule has 0 fully saturated rings. The van der Waals surface area contributed by atoms with E-state index < -0.39 is 5.54 Å². The Labute approximate surface area is 133 Å². The number of hydrogen-bond donors (Lipinski definition) is 0. The van der Waals surface area contributed by atoms with Crippen LogP contribution in [0.25, 0.3) is 11.1 Å². The minimum absolute atomic E-state index is 0.409. The van der Waals surface area contributed by atoms with E-state index in [1.54, 1.807) is 12.5 Å². The summed E-state index contributed by atoms with van der Waals surface area (Å²) in [5.74, 6) is 1.66. The third-order valence-electron chi connectivity index (χ3n) is 4.64. The van der Waals surface area contributed by atoms with E-state index in [2.05, 4.69) is 12.2 Å². The molecule has 23 heavy (non-hydrogen) atoms. The van der Waals surface area contributed by atoms with Gasteiger partial charge in [0.25, 0.3) is 0 Å². The Bertz CT molecular complexity index is 909. The molecule has 0 bridgehead atoms. The number of rotatable bonds is 2. The van der Waals surface area contributed by atoms with Crippen LogP contribution < -0.4 is 0 Å². The molecule has 4 heterocycles. The Morgan fingerprint density at radius 1 is 1.04 bits per heavy atom. The van der Waals surface area contributed by atoms with Crippen LogP contribution in [0.4, 0.5) is 0 Å². The highest BCUT2D eigenvalue weighted by Crippen LogP contribution is 2.52. The van der Waals surface area contributed by atoms with Crippen molar-refractivity contribution in [2.75, 3.05) is 0 Å². The second kappa shape index (κ2) is 4.56. The summed E-state index contributed by atoms with van der Waals surface area (Å²) in [6.45, 7) is 0. The molecule has 0 amide bonds. The normalized spacial score (nSPS) is 25.2. The van der Waals surface area contributed by atoms with Crippen molar-refractivity contribution in [1.82, 2.24) is 0 Å². The highest BCUT2D eigenvalue weighted by molar-refractivity contribution is 6.01. The zero-order valence-electron chi connectivity index (χ0n) is 12.4. The van der Waals surface area contributed by atoms with Crippen LogP contribution in [0.15, 0.2) is 79.0 Å². The summed E-state index contributed by atoms with van der Waals surface area (Å²) < 4.78 is 11.3. The van der Waals surface area contributed by atoms with Gasteiger partial charge >= 0.3 is 0 Å². The molecule has 3 aliphatic rings. The van der Waals surface area contributed by atoms with Gasteiger partial charge < -0.3 is 8.83 Å². The lowest BCUT2D eigenvalue weighted by atomic mass is 9.72. The molecule has 1 spiro atoms. The van der Waals surface area contributed by atoms with E-state index in [0.717, 1.165) is 46.8 Å². The molecule has 0 radical (unpaired) electrons. The lowest BCUT2D eigenvalue weighted by Crippen LogP contribution is -2.35. The van der Waals surface area contributed by atoms with Crippen LogP contribution in [0.5, 0.6) is 0 Å². The van der Waals surface area contributed by atoms with Gasteiger partial charge in [0, 0.05) is 23.6 Å². The zero-order chi connectivity index (χ0) is 15.3. The largest absolute Gasteiger partial charge is 0.464 e. The fraction of sp³-hybridized carbons (Fsp3) is 0.158. The molecule has 2 aromatic heterocycles. The number of allylic oxidation sites excluding steroid dienone is 3. The maximum Gasteiger partial charge on any atom is 0.135 e. The van der Waals surface area contributed by atoms with Gasteiger partial charge in [-0.2, -0.15) is 0 Å². The number of aliphatic imine (C=N–C) groups is 2. The smallest absolute Gasteiger partial charge is 0.135 e. The van der Waals surface area contributed by atoms with Gasteiger partial charge in [-0.05, 0) is 54.8 Å². The monoisotopic (exact) mass is 302 g/mol. The fourth-order valence-electron chi connectivity index (χ4n) is 3.64. The lowest BCUT2D eigenvalue weighted by Gasteiger charge is -2.37. The van der Waals surface area contributed by atoms with Gasteiger partial charge in [0.2, 0.25) is 0 Å². The number of hydrogen-bond acceptors (Lipinski definition) is 4. The lowest BCUT2D eigenvalue weighted by molar-refractivity contribution is 0.524. The average molecular weight is 302 g/mol. The molecule has 0 saturated carbocycles. The maximum atomic E-state index is 5.67. The molecule has 4 heteroatoms. The summed E-state index contributed by atoms with van der Waals surface area (Å²) in [4.78, 5) is 9.52. The average Bonchev–Trinajstić information content (AvgIpc) is 3.32. The van der Waals surface area contributed by atoms with E-state index in [0.29, 0.717) is 0 Å². The van der Waals surface area contributed by atoms with Crippen molar-refractivity contribution >= 4 is 23.6 Å². The van der Waals surface area contributed by atoms with Gasteiger partial charge in [0.05, 0.1) is 18.2 Å². The highest BCUT2D eigenvalue weighted by Gasteiger charge is 2.47. The summed E-state index contributed by atoms with van der Waals surface area (Å²) in [5.41, 5.74) is 3.75. The summed E-state index contributed by atoms with van der Waals surface area (Å²) in [7, 11) is 0. The van der Waals surface area contributed by atoms with E-state index in [1.807, 2.05) is 36.7 Å². The van der Waals surface area contributed by atoms with Gasteiger partial charge in [-0.1, -0.05) is 0 Å². The molecule has 0 saturated heterocycles. The van der Waals surface area contributed by atoms with Crippen molar-refractivity contribution in [3.63, 3.8) is 0 Å². The second-order valence-electron chi connectivity index (χ2n) is 5.84. The first kappa shape index (κ1) is 12.6. The topological polar surface area (TPSA) is 51.0 Å². The molecule has 0 aromatic carbocycles. The summed E-state index contributed by atoms with van der Waals surface area (Å²) in [5, 5.41) is 0. The molecule has 2 aromatic rings. The van der Waals surface area contributed by atoms with Gasteiger partial charge in [-0.25, -0.2) is 0 Å². The number of nitrogens with zero attached hydrogens (tertiary/aromatic N) is 2. The van der Waals surface area contributed by atoms with E-state index in [1.165, 1.54) is 0 Å². The minimum atomic E-state index is -0.409. The van der Waals surface area contributed by atoms with Crippen LogP contribution in [0.2, 0.25) is 0 Å². The van der Waals surface area contributed by atoms with Gasteiger partial charge in [-0.15, -0.1) is 0 Å². The van der Waals surface area contributed by atoms with Crippen LogP contribution in [0.3, 0.4) is 0 Å². The van der Waals surface area contributed by atoms with Gasteiger partial charge in [0.1, 0.15) is 17.1 Å². The first-order valence-corrected chi connectivity index (χ1v) is 7.72. The van der Waals surface area contributed by atoms with Crippen molar-refractivity contribution in [1.29, 1.82) is 0 Å².